The highest BCUT2D eigenvalue weighted by atomic mass is 19.1. The second-order valence-corrected chi connectivity index (χ2v) is 6.05. The number of ether oxygens (including phenoxy) is 1. The van der Waals surface area contributed by atoms with Crippen LogP contribution in [0, 0.1) is 11.2 Å². The largest absolute Gasteiger partial charge is 0.494 e. The Kier molecular flexibility index (Phi) is 3.37. The fraction of sp³-hybridized carbons (Fsp3) is 0.600. The highest BCUT2D eigenvalue weighted by Crippen LogP contribution is 2.47. The van der Waals surface area contributed by atoms with Crippen molar-refractivity contribution in [1.82, 2.24) is 0 Å². The highest BCUT2D eigenvalue weighted by Gasteiger charge is 2.41. The predicted octanol–water partition coefficient (Wildman–Crippen LogP) is 3.62. The summed E-state index contributed by atoms with van der Waals surface area (Å²) < 4.78 is 19.3. The van der Waals surface area contributed by atoms with Crippen LogP contribution in [0.15, 0.2) is 18.2 Å². The third-order valence-electron chi connectivity index (χ3n) is 3.90. The van der Waals surface area contributed by atoms with Crippen molar-refractivity contribution in [2.45, 2.75) is 45.1 Å². The number of methoxy groups -OCH3 is 1. The molecule has 0 aromatic heterocycles. The van der Waals surface area contributed by atoms with E-state index in [0.717, 1.165) is 12.8 Å². The lowest BCUT2D eigenvalue weighted by Crippen LogP contribution is -2.37. The molecule has 3 heteroatoms. The van der Waals surface area contributed by atoms with E-state index >= 15 is 0 Å². The fourth-order valence-corrected chi connectivity index (χ4v) is 3.09. The van der Waals surface area contributed by atoms with E-state index in [0.29, 0.717) is 18.4 Å². The molecule has 1 aliphatic carbocycles. The van der Waals surface area contributed by atoms with Crippen LogP contribution in [-0.2, 0) is 5.60 Å². The van der Waals surface area contributed by atoms with Crippen molar-refractivity contribution in [1.29, 1.82) is 0 Å². The summed E-state index contributed by atoms with van der Waals surface area (Å²) >= 11 is 0. The van der Waals surface area contributed by atoms with Crippen LogP contribution in [0.25, 0.3) is 0 Å². The highest BCUT2D eigenvalue weighted by molar-refractivity contribution is 5.35. The minimum absolute atomic E-state index is 0.0442. The van der Waals surface area contributed by atoms with Crippen molar-refractivity contribution >= 4 is 0 Å². The van der Waals surface area contributed by atoms with Gasteiger partial charge in [0.05, 0.1) is 12.7 Å². The van der Waals surface area contributed by atoms with Crippen LogP contribution in [0.2, 0.25) is 0 Å². The van der Waals surface area contributed by atoms with Gasteiger partial charge in [0.15, 0.2) is 11.6 Å². The monoisotopic (exact) mass is 252 g/mol. The van der Waals surface area contributed by atoms with Crippen LogP contribution in [0.5, 0.6) is 5.75 Å². The molecule has 18 heavy (non-hydrogen) atoms. The average molecular weight is 252 g/mol. The van der Waals surface area contributed by atoms with E-state index in [-0.39, 0.29) is 11.2 Å². The van der Waals surface area contributed by atoms with E-state index in [4.69, 9.17) is 4.74 Å². The fourth-order valence-electron chi connectivity index (χ4n) is 3.09. The van der Waals surface area contributed by atoms with Crippen LogP contribution < -0.4 is 4.74 Å². The number of hydrogen-bond donors (Lipinski definition) is 1. The molecule has 1 aromatic carbocycles. The second-order valence-electron chi connectivity index (χ2n) is 6.05. The number of hydrogen-bond acceptors (Lipinski definition) is 2. The Morgan fingerprint density at radius 3 is 2.61 bits per heavy atom. The molecule has 2 nitrogen and oxygen atoms in total. The van der Waals surface area contributed by atoms with E-state index in [9.17, 15) is 9.50 Å². The summed E-state index contributed by atoms with van der Waals surface area (Å²) in [7, 11) is 1.44. The maximum atomic E-state index is 14.3. The number of aliphatic hydroxyl groups is 1. The summed E-state index contributed by atoms with van der Waals surface area (Å²) in [5.41, 5.74) is -0.655. The van der Waals surface area contributed by atoms with Crippen LogP contribution >= 0.6 is 0 Å². The van der Waals surface area contributed by atoms with Gasteiger partial charge in [0.1, 0.15) is 0 Å². The molecule has 0 amide bonds. The van der Waals surface area contributed by atoms with Gasteiger partial charge in [-0.2, -0.15) is 0 Å². The van der Waals surface area contributed by atoms with E-state index in [1.54, 1.807) is 18.2 Å². The molecule has 1 fully saturated rings. The van der Waals surface area contributed by atoms with Crippen LogP contribution in [0.1, 0.15) is 45.1 Å². The van der Waals surface area contributed by atoms with Gasteiger partial charge in [-0.1, -0.05) is 26.0 Å². The minimum Gasteiger partial charge on any atom is -0.494 e. The smallest absolute Gasteiger partial charge is 0.171 e. The first-order chi connectivity index (χ1) is 8.38. The van der Waals surface area contributed by atoms with Gasteiger partial charge in [-0.05, 0) is 37.2 Å². The second kappa shape index (κ2) is 4.54. The molecule has 0 bridgehead atoms. The first kappa shape index (κ1) is 13.3. The van der Waals surface area contributed by atoms with E-state index in [2.05, 4.69) is 13.8 Å². The SMILES string of the molecule is COc1cccc(C2(O)CCCC(C)(C)C2)c1F. The van der Waals surface area contributed by atoms with Crippen LogP contribution in [0.4, 0.5) is 4.39 Å². The predicted molar refractivity (Wildman–Crippen MR) is 69.1 cm³/mol. The quantitative estimate of drug-likeness (QED) is 0.871. The zero-order valence-electron chi connectivity index (χ0n) is 11.3. The van der Waals surface area contributed by atoms with Crippen LogP contribution in [0.3, 0.4) is 0 Å². The Balaban J connectivity index is 2.41. The van der Waals surface area contributed by atoms with Gasteiger partial charge < -0.3 is 9.84 Å². The molecular formula is C15H21FO2. The molecular weight excluding hydrogens is 231 g/mol. The first-order valence-corrected chi connectivity index (χ1v) is 6.43. The maximum absolute atomic E-state index is 14.3. The third-order valence-corrected chi connectivity index (χ3v) is 3.90. The lowest BCUT2D eigenvalue weighted by Gasteiger charge is -2.42. The van der Waals surface area contributed by atoms with Crippen molar-refractivity contribution in [3.8, 4) is 5.75 Å². The Bertz CT molecular complexity index is 442. The Labute approximate surface area is 108 Å². The number of benzene rings is 1. The molecule has 1 aliphatic rings. The molecule has 0 aliphatic heterocycles. The van der Waals surface area contributed by atoms with Gasteiger partial charge in [0, 0.05) is 5.56 Å². The molecule has 1 atom stereocenters. The van der Waals surface area contributed by atoms with Gasteiger partial charge in [-0.15, -0.1) is 0 Å². The van der Waals surface area contributed by atoms with Crippen molar-refractivity contribution in [2.75, 3.05) is 7.11 Å². The lowest BCUT2D eigenvalue weighted by molar-refractivity contribution is -0.0467. The van der Waals surface area contributed by atoms with Crippen molar-refractivity contribution < 1.29 is 14.2 Å². The number of halogens is 1. The van der Waals surface area contributed by atoms with Crippen molar-refractivity contribution in [3.05, 3.63) is 29.6 Å². The zero-order valence-corrected chi connectivity index (χ0v) is 11.3. The minimum atomic E-state index is -1.07. The summed E-state index contributed by atoms with van der Waals surface area (Å²) in [6.07, 6.45) is 3.19. The molecule has 1 aromatic rings. The third kappa shape index (κ3) is 2.37. The molecule has 0 heterocycles. The van der Waals surface area contributed by atoms with Gasteiger partial charge in [-0.3, -0.25) is 0 Å². The lowest BCUT2D eigenvalue weighted by atomic mass is 9.67. The topological polar surface area (TPSA) is 29.5 Å². The maximum Gasteiger partial charge on any atom is 0.171 e. The Morgan fingerprint density at radius 2 is 2.00 bits per heavy atom. The summed E-state index contributed by atoms with van der Waals surface area (Å²) in [4.78, 5) is 0. The molecule has 0 spiro atoms. The van der Waals surface area contributed by atoms with Gasteiger partial charge in [0.25, 0.3) is 0 Å². The van der Waals surface area contributed by atoms with Crippen molar-refractivity contribution in [2.24, 2.45) is 5.41 Å². The standard InChI is InChI=1S/C15H21FO2/c1-14(2)8-5-9-15(17,10-14)11-6-4-7-12(18-3)13(11)16/h4,6-7,17H,5,8-10H2,1-3H3. The normalized spacial score (nSPS) is 26.9. The summed E-state index contributed by atoms with van der Waals surface area (Å²) in [5, 5.41) is 10.8. The number of rotatable bonds is 2. The van der Waals surface area contributed by atoms with E-state index < -0.39 is 11.4 Å². The van der Waals surface area contributed by atoms with Gasteiger partial charge >= 0.3 is 0 Å². The Hall–Kier alpha value is -1.09. The summed E-state index contributed by atoms with van der Waals surface area (Å²) in [6, 6.07) is 4.98. The van der Waals surface area contributed by atoms with E-state index in [1.165, 1.54) is 7.11 Å². The van der Waals surface area contributed by atoms with Crippen LogP contribution in [-0.4, -0.2) is 12.2 Å². The molecule has 100 valence electrons. The first-order valence-electron chi connectivity index (χ1n) is 6.43. The molecule has 2 rings (SSSR count). The summed E-state index contributed by atoms with van der Waals surface area (Å²) in [6.45, 7) is 4.24. The van der Waals surface area contributed by atoms with Gasteiger partial charge in [-0.25, -0.2) is 4.39 Å². The Morgan fingerprint density at radius 1 is 1.28 bits per heavy atom. The van der Waals surface area contributed by atoms with Gasteiger partial charge in [0.2, 0.25) is 0 Å². The van der Waals surface area contributed by atoms with E-state index in [1.807, 2.05) is 0 Å². The van der Waals surface area contributed by atoms with Crippen molar-refractivity contribution in [3.63, 3.8) is 0 Å². The molecule has 1 unspecified atom stereocenters. The zero-order chi connectivity index (χ0) is 13.4. The molecule has 0 radical (unpaired) electrons. The molecule has 1 saturated carbocycles. The molecule has 1 N–H and O–H groups in total. The summed E-state index contributed by atoms with van der Waals surface area (Å²) in [5.74, 6) is -0.232. The average Bonchev–Trinajstić information content (AvgIpc) is 2.27. The molecule has 0 saturated heterocycles.